The van der Waals surface area contributed by atoms with Gasteiger partial charge in [0.25, 0.3) is 0 Å². The van der Waals surface area contributed by atoms with Crippen molar-refractivity contribution < 1.29 is 70.6 Å². The van der Waals surface area contributed by atoms with Crippen molar-refractivity contribution >= 4 is 100 Å². The van der Waals surface area contributed by atoms with Gasteiger partial charge in [-0.05, 0) is 234 Å². The van der Waals surface area contributed by atoms with E-state index in [0.717, 1.165) is 49.3 Å². The summed E-state index contributed by atoms with van der Waals surface area (Å²) in [6.45, 7) is 45.4. The fraction of sp³-hybridized carbons (Fsp3) is 0.537. The van der Waals surface area contributed by atoms with Gasteiger partial charge in [-0.1, -0.05) is 361 Å². The van der Waals surface area contributed by atoms with Crippen molar-refractivity contribution in [2.75, 3.05) is 35.5 Å². The van der Waals surface area contributed by atoms with Gasteiger partial charge in [0, 0.05) is 63.9 Å². The molecule has 1 radical (unpaired) electrons. The molecular weight excluding hydrogens is 1890 g/mol. The van der Waals surface area contributed by atoms with Crippen LogP contribution in [0.4, 0.5) is 0 Å². The fourth-order valence-electron chi connectivity index (χ4n) is 15.9. The van der Waals surface area contributed by atoms with E-state index in [4.69, 9.17) is 29.0 Å². The Kier molecular flexibility index (Phi) is 37.2. The third-order valence-corrected chi connectivity index (χ3v) is 26.9. The number of aliphatic hydroxyl groups excluding tert-OH is 1. The fourth-order valence-corrected chi connectivity index (χ4v) is 16.9. The van der Waals surface area contributed by atoms with Crippen LogP contribution < -0.4 is 0 Å². The number of allylic oxidation sites excluding steroid dienone is 1. The standard InChI is InChI=1S/C26H34O.C19H28O.C14H19Br.C12H17BO3.C12H15BrO.C11H13BrO.CH2I2.Cu.Zn/c1-24(2)13-14-25(3,4)23-15-20(11-12-22(23)24)26(5)16-21(26)18-27-17-19-9-7-6-8-10-19;1-17(2)8-9-18(3,4)16-10-13(6-7-15(16)17)19(5)11-14(19)12-20;1-13(2)7-8-14(3,4)12-9-10(15)5-6-11(12)13;1-12(13(14)15)7-11(12)9-16-8-10-5-3-2-4-6-10;1-12(13)7-11(12)9-14-8-10-5-3-2-4-6-10;1-10(12)7-8-13-9-11-5-3-2-4-6-11;2-1-3;;/h6-12,15,21H,13-14,16-18H2,1-5H3;6-7,10,14,20H,8-9,11-12H2,1-5H3;5-6,9H,7-8H2,1-4H3;2-6,11,14-15H,7-9H2,1H3;2-6,11H,7-9H2,1H3;2-7H,8-9H2,1H3;1H2;;/b;;;;;10-7-;;;. The van der Waals surface area contributed by atoms with Crippen LogP contribution >= 0.6 is 93.0 Å². The molecule has 601 valence electrons. The van der Waals surface area contributed by atoms with Crippen molar-refractivity contribution in [3.8, 4) is 0 Å². The molecule has 7 aliphatic rings. The van der Waals surface area contributed by atoms with Gasteiger partial charge in [0.1, 0.15) is 0 Å². The number of halogens is 5. The van der Waals surface area contributed by atoms with E-state index in [2.05, 4.69) is 306 Å². The molecule has 4 saturated carbocycles. The Morgan fingerprint density at radius 3 is 1.05 bits per heavy atom. The zero-order valence-electron chi connectivity index (χ0n) is 69.2. The molecule has 7 aromatic carbocycles. The van der Waals surface area contributed by atoms with Gasteiger partial charge >= 0.3 is 7.12 Å². The third kappa shape index (κ3) is 27.3. The average Bonchev–Trinajstić information content (AvgIpc) is 1.52. The van der Waals surface area contributed by atoms with Crippen molar-refractivity contribution in [3.63, 3.8) is 0 Å². The maximum absolute atomic E-state index is 9.43. The molecule has 0 bridgehead atoms. The number of aliphatic hydroxyl groups is 1. The van der Waals surface area contributed by atoms with Gasteiger partial charge in [-0.25, -0.2) is 0 Å². The smallest absolute Gasteiger partial charge is 0.427 e. The van der Waals surface area contributed by atoms with Gasteiger partial charge < -0.3 is 34.1 Å². The molecule has 8 atom stereocenters. The number of fused-ring (bicyclic) bond motifs is 3. The Morgan fingerprint density at radius 2 is 0.727 bits per heavy atom. The van der Waals surface area contributed by atoms with Gasteiger partial charge in [-0.3, -0.25) is 0 Å². The first kappa shape index (κ1) is 96.9. The number of hydrogen-bond acceptors (Lipinski definition) is 7. The molecular formula is C95H128BBr3CuI2O7Zn. The van der Waals surface area contributed by atoms with Gasteiger partial charge in [0.2, 0.25) is 0 Å². The molecule has 7 aromatic rings. The molecule has 0 saturated heterocycles. The first-order valence-electron chi connectivity index (χ1n) is 39.5. The number of benzene rings is 7. The molecule has 0 amide bonds. The second-order valence-electron chi connectivity index (χ2n) is 36.7. The summed E-state index contributed by atoms with van der Waals surface area (Å²) >= 11 is 15.1. The second kappa shape index (κ2) is 42.2. The summed E-state index contributed by atoms with van der Waals surface area (Å²) in [5.41, 5.74) is 19.4. The third-order valence-electron chi connectivity index (χ3n) is 25.2. The number of alkyl halides is 3. The SMILES string of the molecule is C/C(Br)=C/COCc1ccccc1.CC1(B(O)O)CC1COCc1ccccc1.CC1(Br)CC1COCc1ccccc1.CC1(C)CCC(C)(C)c2cc(Br)ccc21.CC1(C)CCC(C)(C)c2cc(C3(C)CC3CO)ccc21.CC1(C)CCC(C)(C)c2cc(C3(C)CC3COCc3ccccc3)ccc21.ICI.[Cu].[Zn]. The number of ether oxygens (including phenoxy) is 4. The van der Waals surface area contributed by atoms with Crippen LogP contribution in [0, 0.1) is 23.7 Å². The first-order chi connectivity index (χ1) is 50.8. The quantitative estimate of drug-likeness (QED) is 0.0303. The average molecular weight is 2020 g/mol. The van der Waals surface area contributed by atoms with Crippen LogP contribution in [0.5, 0.6) is 0 Å². The zero-order valence-corrected chi connectivity index (χ0v) is 82.2. The van der Waals surface area contributed by atoms with Crippen LogP contribution in [-0.2, 0) is 125 Å². The van der Waals surface area contributed by atoms with Crippen molar-refractivity contribution in [1.29, 1.82) is 0 Å². The van der Waals surface area contributed by atoms with Crippen molar-refractivity contribution in [1.82, 2.24) is 0 Å². The van der Waals surface area contributed by atoms with E-state index in [0.29, 0.717) is 76.8 Å². The predicted octanol–water partition coefficient (Wildman–Crippen LogP) is 25.8. The van der Waals surface area contributed by atoms with Crippen LogP contribution in [0.2, 0.25) is 5.31 Å². The van der Waals surface area contributed by atoms with Crippen molar-refractivity contribution in [2.24, 2.45) is 23.7 Å². The summed E-state index contributed by atoms with van der Waals surface area (Å²) in [5.74, 6) is 2.07. The normalized spacial score (nSPS) is 25.4. The maximum atomic E-state index is 9.43. The van der Waals surface area contributed by atoms with Gasteiger partial charge in [-0.15, -0.1) is 0 Å². The Balaban J connectivity index is 0.000000208. The van der Waals surface area contributed by atoms with Crippen LogP contribution in [0.25, 0.3) is 0 Å². The molecule has 3 N–H and O–H groups in total. The maximum Gasteiger partial charge on any atom is 0.458 e. The summed E-state index contributed by atoms with van der Waals surface area (Å²) in [7, 11) is -1.22. The van der Waals surface area contributed by atoms with E-state index in [9.17, 15) is 5.11 Å². The molecule has 0 spiro atoms. The molecule has 110 heavy (non-hydrogen) atoms. The Morgan fingerprint density at radius 1 is 0.427 bits per heavy atom. The molecule has 0 aromatic heterocycles. The van der Waals surface area contributed by atoms with Crippen LogP contribution in [0.1, 0.15) is 249 Å². The van der Waals surface area contributed by atoms with Gasteiger partial charge in [-0.2, -0.15) is 0 Å². The molecule has 0 heterocycles. The summed E-state index contributed by atoms with van der Waals surface area (Å²) in [6, 6.07) is 62.2. The van der Waals surface area contributed by atoms with Crippen LogP contribution in [0.15, 0.2) is 191 Å². The molecule has 7 nitrogen and oxygen atoms in total. The van der Waals surface area contributed by atoms with E-state index < -0.39 is 7.12 Å². The van der Waals surface area contributed by atoms with E-state index in [-0.39, 0.29) is 69.4 Å². The molecule has 0 aliphatic heterocycles. The van der Waals surface area contributed by atoms with Crippen LogP contribution in [0.3, 0.4) is 0 Å². The Hall–Kier alpha value is -1.89. The number of rotatable bonds is 20. The van der Waals surface area contributed by atoms with E-state index >= 15 is 0 Å². The monoisotopic (exact) mass is 2010 g/mol. The molecule has 15 heteroatoms. The van der Waals surface area contributed by atoms with Crippen molar-refractivity contribution in [2.45, 2.75) is 261 Å². The summed E-state index contributed by atoms with van der Waals surface area (Å²) in [6.07, 6.45) is 14.1. The van der Waals surface area contributed by atoms with E-state index in [1.807, 2.05) is 86.7 Å². The summed E-state index contributed by atoms with van der Waals surface area (Å²) in [4.78, 5) is 0. The first-order valence-corrected chi connectivity index (χ1v) is 44.9. The Bertz CT molecular complexity index is 3990. The minimum Gasteiger partial charge on any atom is -0.427 e. The molecule has 4 fully saturated rings. The number of hydrogen-bond donors (Lipinski definition) is 3. The van der Waals surface area contributed by atoms with Crippen LogP contribution in [-0.4, -0.2) is 62.1 Å². The minimum atomic E-state index is -1.22. The van der Waals surface area contributed by atoms with Gasteiger partial charge in [0.05, 0.1) is 48.7 Å². The second-order valence-corrected chi connectivity index (χ2v) is 45.1. The Labute approximate surface area is 741 Å². The van der Waals surface area contributed by atoms with E-state index in [1.165, 1.54) is 108 Å². The van der Waals surface area contributed by atoms with E-state index in [1.54, 1.807) is 11.1 Å². The molecule has 14 rings (SSSR count). The van der Waals surface area contributed by atoms with Crippen molar-refractivity contribution in [3.05, 3.63) is 258 Å². The topological polar surface area (TPSA) is 97.6 Å². The minimum absolute atomic E-state index is 0. The summed E-state index contributed by atoms with van der Waals surface area (Å²) < 4.78 is 26.5. The van der Waals surface area contributed by atoms with Gasteiger partial charge in [0.15, 0.2) is 0 Å². The summed E-state index contributed by atoms with van der Waals surface area (Å²) in [5, 5.41) is 27.4. The molecule has 8 unspecified atom stereocenters. The largest absolute Gasteiger partial charge is 0.458 e. The molecule has 7 aliphatic carbocycles. The predicted molar refractivity (Wildman–Crippen MR) is 483 cm³/mol. The zero-order chi connectivity index (χ0) is 79.2.